The normalized spacial score (nSPS) is 26.4. The molecule has 1 N–H and O–H groups in total. The van der Waals surface area contributed by atoms with Gasteiger partial charge in [0.25, 0.3) is 11.8 Å². The molecule has 0 bridgehead atoms. The molecule has 1 fully saturated rings. The minimum atomic E-state index is -1.50. The fourth-order valence-corrected chi connectivity index (χ4v) is 3.14. The highest BCUT2D eigenvalue weighted by atomic mass is 19.1. The lowest BCUT2D eigenvalue weighted by Gasteiger charge is -2.23. The molecule has 0 spiro atoms. The maximum Gasteiger partial charge on any atom is 0.271 e. The van der Waals surface area contributed by atoms with Crippen LogP contribution in [0.3, 0.4) is 0 Å². The maximum atomic E-state index is 13.5. The highest BCUT2D eigenvalue weighted by Crippen LogP contribution is 2.29. The third-order valence-electron chi connectivity index (χ3n) is 4.71. The maximum absolute atomic E-state index is 13.5. The van der Waals surface area contributed by atoms with Crippen LogP contribution in [-0.4, -0.2) is 60.9 Å². The molecule has 150 valence electrons. The number of nitrogens with zero attached hydrogens (tertiary/aromatic N) is 2. The van der Waals surface area contributed by atoms with Crippen LogP contribution in [0.1, 0.15) is 18.4 Å². The smallest absolute Gasteiger partial charge is 0.271 e. The molecule has 9 heteroatoms. The summed E-state index contributed by atoms with van der Waals surface area (Å²) in [6.45, 7) is 3.83. The van der Waals surface area contributed by atoms with Gasteiger partial charge in [-0.05, 0) is 18.2 Å². The Hall–Kier alpha value is -2.81. The van der Waals surface area contributed by atoms with Crippen LogP contribution in [-0.2, 0) is 19.2 Å². The number of likely N-dealkylation sites (N-methyl/N-ethyl adjacent to an activating group) is 1. The quantitative estimate of drug-likeness (QED) is 0.767. The van der Waals surface area contributed by atoms with Crippen molar-refractivity contribution in [1.82, 2.24) is 10.2 Å². The SMILES string of the molecule is C=C[C@]1(C(=O)N[C@@H]2CO[C@H](C(=O)N(C)C)C2)CC(c2cc(F)cc(F)c2)=NO1. The number of carbonyl (C=O) groups is 2. The fourth-order valence-electron chi connectivity index (χ4n) is 3.14. The number of hydrogen-bond acceptors (Lipinski definition) is 5. The predicted molar refractivity (Wildman–Crippen MR) is 96.5 cm³/mol. The number of ether oxygens (including phenoxy) is 1. The summed E-state index contributed by atoms with van der Waals surface area (Å²) in [6.07, 6.45) is 0.983. The van der Waals surface area contributed by atoms with Gasteiger partial charge in [0, 0.05) is 38.6 Å². The zero-order chi connectivity index (χ0) is 20.5. The third-order valence-corrected chi connectivity index (χ3v) is 4.71. The Kier molecular flexibility index (Phi) is 5.46. The van der Waals surface area contributed by atoms with E-state index in [-0.39, 0.29) is 36.3 Å². The number of halogens is 2. The molecule has 0 saturated carbocycles. The third kappa shape index (κ3) is 3.89. The van der Waals surface area contributed by atoms with Crippen molar-refractivity contribution in [3.8, 4) is 0 Å². The molecule has 2 aliphatic heterocycles. The average molecular weight is 393 g/mol. The van der Waals surface area contributed by atoms with Crippen LogP contribution in [0.25, 0.3) is 0 Å². The van der Waals surface area contributed by atoms with Gasteiger partial charge < -0.3 is 19.8 Å². The largest absolute Gasteiger partial charge is 0.374 e. The average Bonchev–Trinajstić information content (AvgIpc) is 3.28. The van der Waals surface area contributed by atoms with Crippen molar-refractivity contribution in [3.05, 3.63) is 48.1 Å². The first kappa shape index (κ1) is 19.9. The molecule has 28 heavy (non-hydrogen) atoms. The van der Waals surface area contributed by atoms with Crippen LogP contribution in [0, 0.1) is 11.6 Å². The molecule has 0 unspecified atom stereocenters. The van der Waals surface area contributed by atoms with Gasteiger partial charge in [-0.3, -0.25) is 9.59 Å². The van der Waals surface area contributed by atoms with Gasteiger partial charge in [-0.25, -0.2) is 8.78 Å². The molecule has 0 radical (unpaired) electrons. The van der Waals surface area contributed by atoms with Crippen LogP contribution in [0.4, 0.5) is 8.78 Å². The minimum absolute atomic E-state index is 0.0289. The Bertz CT molecular complexity index is 822. The lowest BCUT2D eigenvalue weighted by Crippen LogP contribution is -2.49. The first-order valence-corrected chi connectivity index (χ1v) is 8.73. The molecule has 2 aliphatic rings. The van der Waals surface area contributed by atoms with E-state index in [1.165, 1.54) is 11.0 Å². The van der Waals surface area contributed by atoms with Crippen LogP contribution < -0.4 is 5.32 Å². The summed E-state index contributed by atoms with van der Waals surface area (Å²) in [6, 6.07) is 2.60. The van der Waals surface area contributed by atoms with E-state index in [2.05, 4.69) is 17.1 Å². The molecular formula is C19H21F2N3O4. The number of hydrogen-bond donors (Lipinski definition) is 1. The number of nitrogens with one attached hydrogen (secondary N) is 1. The van der Waals surface area contributed by atoms with E-state index >= 15 is 0 Å². The van der Waals surface area contributed by atoms with Gasteiger partial charge in [0.05, 0.1) is 18.4 Å². The van der Waals surface area contributed by atoms with E-state index in [0.29, 0.717) is 6.42 Å². The van der Waals surface area contributed by atoms with Gasteiger partial charge in [0.2, 0.25) is 5.60 Å². The topological polar surface area (TPSA) is 80.2 Å². The first-order chi connectivity index (χ1) is 13.2. The number of rotatable bonds is 5. The molecule has 0 aromatic heterocycles. The Balaban J connectivity index is 1.66. The summed E-state index contributed by atoms with van der Waals surface area (Å²) in [5, 5.41) is 6.61. The summed E-state index contributed by atoms with van der Waals surface area (Å²) >= 11 is 0. The van der Waals surface area contributed by atoms with Crippen molar-refractivity contribution >= 4 is 17.5 Å². The predicted octanol–water partition coefficient (Wildman–Crippen LogP) is 1.38. The highest BCUT2D eigenvalue weighted by Gasteiger charge is 2.46. The molecule has 2 amide bonds. The van der Waals surface area contributed by atoms with E-state index < -0.39 is 29.2 Å². The van der Waals surface area contributed by atoms with Gasteiger partial charge in [-0.2, -0.15) is 0 Å². The second kappa shape index (κ2) is 7.67. The summed E-state index contributed by atoms with van der Waals surface area (Å²) < 4.78 is 32.4. The second-order valence-corrected chi connectivity index (χ2v) is 7.02. The second-order valence-electron chi connectivity index (χ2n) is 7.02. The Labute approximate surface area is 161 Å². The van der Waals surface area contributed by atoms with Gasteiger partial charge in [-0.15, -0.1) is 0 Å². The molecule has 3 rings (SSSR count). The van der Waals surface area contributed by atoms with Gasteiger partial charge >= 0.3 is 0 Å². The molecule has 1 aromatic rings. The van der Waals surface area contributed by atoms with Crippen molar-refractivity contribution in [2.75, 3.05) is 20.7 Å². The number of amides is 2. The van der Waals surface area contributed by atoms with Crippen LogP contribution in [0.15, 0.2) is 36.0 Å². The van der Waals surface area contributed by atoms with Crippen molar-refractivity contribution in [2.45, 2.75) is 30.6 Å². The lowest BCUT2D eigenvalue weighted by molar-refractivity contribution is -0.139. The summed E-state index contributed by atoms with van der Waals surface area (Å²) in [5.74, 6) is -2.19. The Morgan fingerprint density at radius 1 is 1.32 bits per heavy atom. The molecule has 2 heterocycles. The first-order valence-electron chi connectivity index (χ1n) is 8.73. The zero-order valence-electron chi connectivity index (χ0n) is 15.6. The minimum Gasteiger partial charge on any atom is -0.374 e. The van der Waals surface area contributed by atoms with E-state index in [1.807, 2.05) is 0 Å². The van der Waals surface area contributed by atoms with Crippen molar-refractivity contribution in [2.24, 2.45) is 5.16 Å². The van der Waals surface area contributed by atoms with E-state index in [1.54, 1.807) is 14.1 Å². The Morgan fingerprint density at radius 3 is 2.61 bits per heavy atom. The van der Waals surface area contributed by atoms with Crippen LogP contribution in [0.5, 0.6) is 0 Å². The van der Waals surface area contributed by atoms with Crippen LogP contribution in [0.2, 0.25) is 0 Å². The van der Waals surface area contributed by atoms with Crippen LogP contribution >= 0.6 is 0 Å². The molecule has 1 aromatic carbocycles. The lowest BCUT2D eigenvalue weighted by atomic mass is 9.92. The number of benzene rings is 1. The van der Waals surface area contributed by atoms with Gasteiger partial charge in [0.1, 0.15) is 17.7 Å². The molecule has 3 atom stereocenters. The monoisotopic (exact) mass is 393 g/mol. The van der Waals surface area contributed by atoms with Crippen molar-refractivity contribution < 1.29 is 27.9 Å². The summed E-state index contributed by atoms with van der Waals surface area (Å²) in [7, 11) is 3.26. The summed E-state index contributed by atoms with van der Waals surface area (Å²) in [4.78, 5) is 31.5. The Morgan fingerprint density at radius 2 is 2.00 bits per heavy atom. The van der Waals surface area contributed by atoms with E-state index in [0.717, 1.165) is 18.2 Å². The van der Waals surface area contributed by atoms with Crippen molar-refractivity contribution in [3.63, 3.8) is 0 Å². The molecule has 0 aliphatic carbocycles. The molecule has 7 nitrogen and oxygen atoms in total. The van der Waals surface area contributed by atoms with E-state index in [4.69, 9.17) is 9.57 Å². The molecular weight excluding hydrogens is 372 g/mol. The standard InChI is InChI=1S/C19H21F2N3O4/c1-4-19(9-15(23-28-19)11-5-12(20)7-13(21)6-11)18(26)22-14-8-16(27-10-14)17(25)24(2)3/h4-7,14,16H,1,8-10H2,2-3H3,(H,22,26)/t14-,16-,19+/m0/s1. The van der Waals surface area contributed by atoms with Gasteiger partial charge in [-0.1, -0.05) is 11.7 Å². The summed E-state index contributed by atoms with van der Waals surface area (Å²) in [5.41, 5.74) is -1.08. The highest BCUT2D eigenvalue weighted by molar-refractivity contribution is 6.06. The van der Waals surface area contributed by atoms with E-state index in [9.17, 15) is 18.4 Å². The fraction of sp³-hybridized carbons (Fsp3) is 0.421. The van der Waals surface area contributed by atoms with Crippen molar-refractivity contribution in [1.29, 1.82) is 0 Å². The number of carbonyl (C=O) groups excluding carboxylic acids is 2. The van der Waals surface area contributed by atoms with Gasteiger partial charge in [0.15, 0.2) is 0 Å². The zero-order valence-corrected chi connectivity index (χ0v) is 15.6. The number of oxime groups is 1. The molecule has 1 saturated heterocycles.